The van der Waals surface area contributed by atoms with Gasteiger partial charge in [0.25, 0.3) is 0 Å². The minimum atomic E-state index is -2.67. The van der Waals surface area contributed by atoms with Crippen molar-refractivity contribution >= 4 is 27.9 Å². The Hall–Kier alpha value is -4.08. The number of alkyl halides is 2. The highest BCUT2D eigenvalue weighted by Crippen LogP contribution is 2.32. The number of rotatable bonds is 5. The van der Waals surface area contributed by atoms with Gasteiger partial charge in [0.15, 0.2) is 0 Å². The van der Waals surface area contributed by atoms with E-state index in [1.165, 1.54) is 12.1 Å². The summed E-state index contributed by atoms with van der Waals surface area (Å²) in [5.41, 5.74) is 3.13. The second-order valence-electron chi connectivity index (χ2n) is 8.87. The van der Waals surface area contributed by atoms with Crippen molar-refractivity contribution < 1.29 is 17.9 Å². The van der Waals surface area contributed by atoms with Crippen molar-refractivity contribution in [2.45, 2.75) is 25.5 Å². The first-order valence-corrected chi connectivity index (χ1v) is 11.7. The fourth-order valence-electron chi connectivity index (χ4n) is 4.84. The number of hydrogen-bond donors (Lipinski definition) is 0. The van der Waals surface area contributed by atoms with Crippen LogP contribution in [0.25, 0.3) is 33.2 Å². The Morgan fingerprint density at radius 1 is 1.00 bits per heavy atom. The monoisotopic (exact) mass is 492 g/mol. The van der Waals surface area contributed by atoms with Crippen LogP contribution in [0.5, 0.6) is 5.88 Å². The van der Waals surface area contributed by atoms with Crippen LogP contribution in [0.1, 0.15) is 19.4 Å². The van der Waals surface area contributed by atoms with Crippen LogP contribution in [0.3, 0.4) is 0 Å². The zero-order chi connectivity index (χ0) is 24.8. The highest BCUT2D eigenvalue weighted by Gasteiger charge is 2.27. The third-order valence-corrected chi connectivity index (χ3v) is 6.59. The predicted octanol–water partition coefficient (Wildman–Crippen LogP) is 5.57. The average Bonchev–Trinajstić information content (AvgIpc) is 3.43. The first kappa shape index (κ1) is 22.4. The SMILES string of the molecule is Cn1nc(-c2cccc(F)c2)c2cnc(OC3CCN(c4nc5ccccc5n4C(F)F)CC3)cc21. The molecule has 0 N–H and O–H groups in total. The molecule has 0 unspecified atom stereocenters. The molecule has 0 atom stereocenters. The number of aryl methyl sites for hydroxylation is 1. The van der Waals surface area contributed by atoms with Crippen LogP contribution in [0, 0.1) is 5.82 Å². The molecular formula is C26H23F3N6O. The maximum Gasteiger partial charge on any atom is 0.321 e. The zero-order valence-corrected chi connectivity index (χ0v) is 19.5. The van der Waals surface area contributed by atoms with Gasteiger partial charge in [-0.3, -0.25) is 9.25 Å². The van der Waals surface area contributed by atoms with Crippen molar-refractivity contribution in [3.05, 3.63) is 66.6 Å². The number of pyridine rings is 1. The first-order valence-electron chi connectivity index (χ1n) is 11.7. The van der Waals surface area contributed by atoms with Gasteiger partial charge in [0.05, 0.1) is 16.6 Å². The molecule has 4 heterocycles. The molecule has 0 radical (unpaired) electrons. The summed E-state index contributed by atoms with van der Waals surface area (Å²) in [6.45, 7) is -1.59. The van der Waals surface area contributed by atoms with E-state index in [0.29, 0.717) is 54.1 Å². The molecule has 10 heteroatoms. The second kappa shape index (κ2) is 8.85. The largest absolute Gasteiger partial charge is 0.474 e. The molecule has 0 bridgehead atoms. The third-order valence-electron chi connectivity index (χ3n) is 6.59. The Balaban J connectivity index is 1.19. The van der Waals surface area contributed by atoms with Gasteiger partial charge in [-0.2, -0.15) is 13.9 Å². The summed E-state index contributed by atoms with van der Waals surface area (Å²) in [5.74, 6) is 0.424. The Bertz CT molecular complexity index is 1550. The van der Waals surface area contributed by atoms with Crippen molar-refractivity contribution in [2.75, 3.05) is 18.0 Å². The molecule has 0 amide bonds. The van der Waals surface area contributed by atoms with Crippen molar-refractivity contribution in [3.63, 3.8) is 0 Å². The molecule has 6 rings (SSSR count). The lowest BCUT2D eigenvalue weighted by Gasteiger charge is -2.32. The van der Waals surface area contributed by atoms with Gasteiger partial charge in [0.2, 0.25) is 11.8 Å². The van der Waals surface area contributed by atoms with Crippen LogP contribution in [0.4, 0.5) is 19.1 Å². The quantitative estimate of drug-likeness (QED) is 0.321. The van der Waals surface area contributed by atoms with E-state index in [9.17, 15) is 13.2 Å². The first-order chi connectivity index (χ1) is 17.5. The molecule has 0 spiro atoms. The Labute approximate surface area is 204 Å². The van der Waals surface area contributed by atoms with Crippen LogP contribution >= 0.6 is 0 Å². The zero-order valence-electron chi connectivity index (χ0n) is 19.5. The summed E-state index contributed by atoms with van der Waals surface area (Å²) >= 11 is 0. The van der Waals surface area contributed by atoms with Gasteiger partial charge in [0, 0.05) is 56.2 Å². The molecule has 1 aliphatic rings. The lowest BCUT2D eigenvalue weighted by atomic mass is 10.1. The fraction of sp³-hybridized carbons (Fsp3) is 0.269. The van der Waals surface area contributed by atoms with E-state index < -0.39 is 6.55 Å². The maximum atomic E-state index is 13.8. The lowest BCUT2D eigenvalue weighted by Crippen LogP contribution is -2.39. The number of ether oxygens (including phenoxy) is 1. The fourth-order valence-corrected chi connectivity index (χ4v) is 4.84. The van der Waals surface area contributed by atoms with Crippen molar-refractivity contribution in [1.29, 1.82) is 0 Å². The number of piperidine rings is 1. The van der Waals surface area contributed by atoms with Gasteiger partial charge in [0.1, 0.15) is 17.6 Å². The van der Waals surface area contributed by atoms with Crippen LogP contribution < -0.4 is 9.64 Å². The molecule has 5 aromatic rings. The standard InChI is InChI=1S/C26H23F3N6O/c1-33-22-14-23(30-15-19(22)24(32-33)16-5-4-6-17(27)13-16)36-18-9-11-34(12-10-18)26-31-20-7-2-3-8-21(20)35(26)25(28)29/h2-8,13-15,18,25H,9-12H2,1H3. The van der Waals surface area contributed by atoms with Gasteiger partial charge in [-0.1, -0.05) is 24.3 Å². The van der Waals surface area contributed by atoms with E-state index >= 15 is 0 Å². The molecule has 1 aliphatic heterocycles. The predicted molar refractivity (Wildman–Crippen MR) is 131 cm³/mol. The van der Waals surface area contributed by atoms with Crippen LogP contribution in [0.15, 0.2) is 60.8 Å². The number of halogens is 3. The second-order valence-corrected chi connectivity index (χ2v) is 8.87. The molecule has 36 heavy (non-hydrogen) atoms. The normalized spacial score (nSPS) is 14.9. The molecule has 7 nitrogen and oxygen atoms in total. The summed E-state index contributed by atoms with van der Waals surface area (Å²) in [6.07, 6.45) is 2.88. The van der Waals surface area contributed by atoms with Crippen LogP contribution in [-0.4, -0.2) is 43.5 Å². The number of para-hydroxylation sites is 2. The van der Waals surface area contributed by atoms with Gasteiger partial charge in [-0.05, 0) is 24.3 Å². The maximum absolute atomic E-state index is 13.8. The number of aromatic nitrogens is 5. The van der Waals surface area contributed by atoms with Gasteiger partial charge < -0.3 is 9.64 Å². The van der Waals surface area contributed by atoms with Crippen LogP contribution in [-0.2, 0) is 7.05 Å². The number of anilines is 1. The number of nitrogens with zero attached hydrogens (tertiary/aromatic N) is 6. The van der Waals surface area contributed by atoms with Crippen LogP contribution in [0.2, 0.25) is 0 Å². The number of imidazole rings is 1. The van der Waals surface area contributed by atoms with Gasteiger partial charge in [-0.15, -0.1) is 0 Å². The third kappa shape index (κ3) is 3.92. The number of fused-ring (bicyclic) bond motifs is 2. The molecule has 184 valence electrons. The summed E-state index contributed by atoms with van der Waals surface area (Å²) in [7, 11) is 1.82. The summed E-state index contributed by atoms with van der Waals surface area (Å²) < 4.78 is 50.3. The topological polar surface area (TPSA) is 61.0 Å². The van der Waals surface area contributed by atoms with Crippen molar-refractivity contribution in [2.24, 2.45) is 7.05 Å². The Kier molecular flexibility index (Phi) is 5.50. The van der Waals surface area contributed by atoms with E-state index in [0.717, 1.165) is 15.5 Å². The average molecular weight is 493 g/mol. The molecule has 3 aromatic heterocycles. The summed E-state index contributed by atoms with van der Waals surface area (Å²) in [4.78, 5) is 10.8. The minimum absolute atomic E-state index is 0.105. The van der Waals surface area contributed by atoms with E-state index in [4.69, 9.17) is 4.74 Å². The molecule has 0 aliphatic carbocycles. The van der Waals surface area contributed by atoms with E-state index in [1.54, 1.807) is 41.2 Å². The lowest BCUT2D eigenvalue weighted by molar-refractivity contribution is 0.0752. The molecule has 0 saturated carbocycles. The van der Waals surface area contributed by atoms with Gasteiger partial charge in [-0.25, -0.2) is 14.4 Å². The van der Waals surface area contributed by atoms with E-state index in [1.807, 2.05) is 24.1 Å². The van der Waals surface area contributed by atoms with E-state index in [2.05, 4.69) is 15.1 Å². The minimum Gasteiger partial charge on any atom is -0.474 e. The Morgan fingerprint density at radius 2 is 1.81 bits per heavy atom. The number of hydrogen-bond acceptors (Lipinski definition) is 5. The Morgan fingerprint density at radius 3 is 2.58 bits per heavy atom. The number of benzene rings is 2. The molecular weight excluding hydrogens is 469 g/mol. The summed E-state index contributed by atoms with van der Waals surface area (Å²) in [5, 5.41) is 5.35. The van der Waals surface area contributed by atoms with Crippen molar-refractivity contribution in [3.8, 4) is 17.1 Å². The summed E-state index contributed by atoms with van der Waals surface area (Å²) in [6, 6.07) is 15.1. The smallest absolute Gasteiger partial charge is 0.321 e. The van der Waals surface area contributed by atoms with Crippen molar-refractivity contribution in [1.82, 2.24) is 24.3 Å². The highest BCUT2D eigenvalue weighted by atomic mass is 19.3. The van der Waals surface area contributed by atoms with E-state index in [-0.39, 0.29) is 17.9 Å². The highest BCUT2D eigenvalue weighted by molar-refractivity contribution is 5.93. The molecule has 1 fully saturated rings. The molecule has 1 saturated heterocycles. The van der Waals surface area contributed by atoms with Gasteiger partial charge >= 0.3 is 6.55 Å². The molecule has 2 aromatic carbocycles.